The summed E-state index contributed by atoms with van der Waals surface area (Å²) in [7, 11) is 0. The fourth-order valence-corrected chi connectivity index (χ4v) is 7.33. The maximum atomic E-state index is 14.0. The lowest BCUT2D eigenvalue weighted by molar-refractivity contribution is -0.129. The molecule has 4 rings (SSSR count). The Hall–Kier alpha value is -5.36. The van der Waals surface area contributed by atoms with Crippen molar-refractivity contribution in [1.29, 1.82) is 0 Å². The molecule has 4 amide bonds. The van der Waals surface area contributed by atoms with Gasteiger partial charge in [-0.3, -0.25) is 29.3 Å². The fraction of sp³-hybridized carbons (Fsp3) is 0.574. The number of Topliss-reactive ketones (excluding diaryl/α,β-unsaturated/α-hetero) is 2. The number of carbonyl (C=O) groups excluding carboxylic acids is 6. The molecule has 6 N–H and O–H groups in total. The first-order chi connectivity index (χ1) is 30.5. The summed E-state index contributed by atoms with van der Waals surface area (Å²) in [5.74, 6) is -1.51. The number of unbranched alkanes of at least 4 members (excludes halogenated alkanes) is 1. The van der Waals surface area contributed by atoms with E-state index in [2.05, 4.69) is 52.4 Å². The van der Waals surface area contributed by atoms with E-state index in [0.29, 0.717) is 89.5 Å². The third-order valence-electron chi connectivity index (χ3n) is 10.8. The Morgan fingerprint density at radius 1 is 0.750 bits per heavy atom. The molecule has 0 saturated heterocycles. The number of hydrogen-bond donors (Lipinski definition) is 5. The lowest BCUT2D eigenvalue weighted by Gasteiger charge is -2.29. The van der Waals surface area contributed by atoms with Crippen LogP contribution in [-0.2, 0) is 51.3 Å². The van der Waals surface area contributed by atoms with E-state index in [1.54, 1.807) is 30.4 Å². The highest BCUT2D eigenvalue weighted by Gasteiger charge is 2.32. The lowest BCUT2D eigenvalue weighted by atomic mass is 9.93. The fourth-order valence-electron chi connectivity index (χ4n) is 7.33. The van der Waals surface area contributed by atoms with Crippen molar-refractivity contribution in [3.8, 4) is 22.5 Å². The molecule has 17 nitrogen and oxygen atoms in total. The van der Waals surface area contributed by atoms with Gasteiger partial charge in [-0.2, -0.15) is 0 Å². The van der Waals surface area contributed by atoms with Crippen LogP contribution in [0.2, 0.25) is 0 Å². The van der Waals surface area contributed by atoms with E-state index in [1.165, 1.54) is 0 Å². The molecule has 0 fully saturated rings. The number of nitrogens with zero attached hydrogens (tertiary/aromatic N) is 4. The van der Waals surface area contributed by atoms with Crippen LogP contribution in [0.3, 0.4) is 0 Å². The van der Waals surface area contributed by atoms with Gasteiger partial charge in [0.25, 0.3) is 0 Å². The first-order valence-corrected chi connectivity index (χ1v) is 22.4. The number of hydrogen-bond acceptors (Lipinski definition) is 12. The minimum atomic E-state index is -1.11. The van der Waals surface area contributed by atoms with E-state index in [9.17, 15) is 28.8 Å². The third-order valence-corrected chi connectivity index (χ3v) is 10.8. The number of carbonyl (C=O) groups is 6. The van der Waals surface area contributed by atoms with Crippen LogP contribution in [0.4, 0.5) is 5.69 Å². The van der Waals surface area contributed by atoms with Crippen molar-refractivity contribution in [2.45, 2.75) is 130 Å². The average molecular weight is 888 g/mol. The third kappa shape index (κ3) is 16.6. The monoisotopic (exact) mass is 888 g/mol. The van der Waals surface area contributed by atoms with Gasteiger partial charge in [0.2, 0.25) is 23.6 Å². The maximum absolute atomic E-state index is 14.0. The molecule has 350 valence electrons. The van der Waals surface area contributed by atoms with Crippen LogP contribution in [0.15, 0.2) is 48.5 Å². The second kappa shape index (κ2) is 25.2. The number of aromatic nitrogens is 3. The molecule has 17 heteroatoms. The number of fused-ring (bicyclic) bond motifs is 5. The number of nitrogens with two attached hydrogens (primary N) is 1. The Morgan fingerprint density at radius 3 is 2.08 bits per heavy atom. The zero-order valence-corrected chi connectivity index (χ0v) is 38.6. The summed E-state index contributed by atoms with van der Waals surface area (Å²) in [6.07, 6.45) is 2.36. The molecular formula is C47H69N9O8. The number of primary amides is 1. The SMILES string of the molecule is CC(=O)CCCn1nnc2c1-c1ccccc1N(C(=O)CCC(=O)NCCCC[C@H](NC(C)(C)C(=O)CCC(=O)NCCOCCOCCNC(C)(C)C)C(N)=O)Cc1ccccc1-2. The molecule has 1 aliphatic rings. The van der Waals surface area contributed by atoms with Crippen LogP contribution in [0, 0.1) is 0 Å². The number of para-hydroxylation sites is 1. The van der Waals surface area contributed by atoms with Gasteiger partial charge in [-0.05, 0) is 78.9 Å². The van der Waals surface area contributed by atoms with Crippen molar-refractivity contribution >= 4 is 40.9 Å². The molecule has 2 aromatic carbocycles. The zero-order valence-electron chi connectivity index (χ0n) is 38.6. The van der Waals surface area contributed by atoms with Crippen molar-refractivity contribution in [2.24, 2.45) is 5.73 Å². The lowest BCUT2D eigenvalue weighted by Crippen LogP contribution is -2.55. The molecule has 0 unspecified atom stereocenters. The summed E-state index contributed by atoms with van der Waals surface area (Å²) in [4.78, 5) is 78.2. The van der Waals surface area contributed by atoms with Crippen LogP contribution in [0.25, 0.3) is 22.5 Å². The van der Waals surface area contributed by atoms with Gasteiger partial charge in [-0.25, -0.2) is 4.68 Å². The van der Waals surface area contributed by atoms with Crippen LogP contribution in [-0.4, -0.2) is 113 Å². The summed E-state index contributed by atoms with van der Waals surface area (Å²) in [6, 6.07) is 14.5. The van der Waals surface area contributed by atoms with Gasteiger partial charge in [-0.1, -0.05) is 47.7 Å². The highest BCUT2D eigenvalue weighted by atomic mass is 16.5. The van der Waals surface area contributed by atoms with Crippen molar-refractivity contribution in [3.05, 3.63) is 54.1 Å². The Balaban J connectivity index is 1.18. The normalized spacial score (nSPS) is 12.9. The second-order valence-corrected chi connectivity index (χ2v) is 17.7. The van der Waals surface area contributed by atoms with E-state index in [1.807, 2.05) is 48.5 Å². The molecule has 0 bridgehead atoms. The van der Waals surface area contributed by atoms with Crippen LogP contribution >= 0.6 is 0 Å². The van der Waals surface area contributed by atoms with Crippen molar-refractivity contribution in [2.75, 3.05) is 51.0 Å². The molecule has 1 aliphatic heterocycles. The Kier molecular flexibility index (Phi) is 20.2. The van der Waals surface area contributed by atoms with Crippen LogP contribution < -0.4 is 31.9 Å². The van der Waals surface area contributed by atoms with Gasteiger partial charge in [0.1, 0.15) is 11.5 Å². The molecule has 3 aromatic rings. The van der Waals surface area contributed by atoms with Crippen molar-refractivity contribution in [3.63, 3.8) is 0 Å². The number of aryl methyl sites for hydroxylation is 1. The second-order valence-electron chi connectivity index (χ2n) is 17.7. The first kappa shape index (κ1) is 51.3. The van der Waals surface area contributed by atoms with Gasteiger partial charge in [-0.15, -0.1) is 5.10 Å². The summed E-state index contributed by atoms with van der Waals surface area (Å²) >= 11 is 0. The standard InChI is InChI=1S/C47H69N9O8/c1-33(57)14-13-27-56-44-36-17-9-10-19-38(36)55(32-34-15-7-8-16-35(34)43(44)53-54-56)42(61)23-22-41(60)49-24-12-11-18-37(45(48)62)52-47(5,6)39(58)20-21-40(59)50-25-28-63-30-31-64-29-26-51-46(2,3)4/h7-10,15-17,19,37,51-52H,11-14,18,20-32H2,1-6H3,(H2,48,62)(H,49,60)(H,50,59)/t37-/m0/s1. The van der Waals surface area contributed by atoms with E-state index in [-0.39, 0.29) is 67.1 Å². The van der Waals surface area contributed by atoms with E-state index in [4.69, 9.17) is 15.2 Å². The molecule has 1 aromatic heterocycles. The number of ketones is 2. The Bertz CT molecular complexity index is 2040. The zero-order chi connectivity index (χ0) is 46.7. The maximum Gasteiger partial charge on any atom is 0.234 e. The molecule has 1 atom stereocenters. The number of benzene rings is 2. The minimum Gasteiger partial charge on any atom is -0.378 e. The van der Waals surface area contributed by atoms with Crippen molar-refractivity contribution in [1.82, 2.24) is 36.3 Å². The topological polar surface area (TPSA) is 229 Å². The summed E-state index contributed by atoms with van der Waals surface area (Å²) in [5.41, 5.74) is 9.32. The highest BCUT2D eigenvalue weighted by Crippen LogP contribution is 2.41. The predicted octanol–water partition coefficient (Wildman–Crippen LogP) is 4.00. The number of nitrogens with one attached hydrogen (secondary N) is 4. The van der Waals surface area contributed by atoms with Gasteiger partial charge in [0, 0.05) is 74.9 Å². The summed E-state index contributed by atoms with van der Waals surface area (Å²) in [6.45, 7) is 15.1. The number of ether oxygens (including phenoxy) is 2. The van der Waals surface area contributed by atoms with E-state index in [0.717, 1.165) is 28.9 Å². The van der Waals surface area contributed by atoms with E-state index < -0.39 is 17.5 Å². The quantitative estimate of drug-likeness (QED) is 0.0652. The molecule has 64 heavy (non-hydrogen) atoms. The molecular weight excluding hydrogens is 819 g/mol. The Labute approximate surface area is 377 Å². The molecule has 2 heterocycles. The van der Waals surface area contributed by atoms with Crippen LogP contribution in [0.5, 0.6) is 0 Å². The molecule has 0 aliphatic carbocycles. The van der Waals surface area contributed by atoms with Gasteiger partial charge >= 0.3 is 0 Å². The summed E-state index contributed by atoms with van der Waals surface area (Å²) in [5, 5.41) is 21.1. The van der Waals surface area contributed by atoms with Crippen molar-refractivity contribution < 1.29 is 38.2 Å². The average Bonchev–Trinajstić information content (AvgIpc) is 3.65. The number of anilines is 1. The van der Waals surface area contributed by atoms with Gasteiger partial charge in [0.05, 0.1) is 55.9 Å². The minimum absolute atomic E-state index is 0.00528. The molecule has 0 spiro atoms. The molecule has 0 saturated carbocycles. The molecule has 0 radical (unpaired) electrons. The smallest absolute Gasteiger partial charge is 0.234 e. The highest BCUT2D eigenvalue weighted by molar-refractivity contribution is 6.01. The van der Waals surface area contributed by atoms with E-state index >= 15 is 0 Å². The summed E-state index contributed by atoms with van der Waals surface area (Å²) < 4.78 is 12.8. The van der Waals surface area contributed by atoms with Gasteiger partial charge in [0.15, 0.2) is 5.78 Å². The predicted molar refractivity (Wildman–Crippen MR) is 245 cm³/mol. The largest absolute Gasteiger partial charge is 0.378 e. The number of rotatable bonds is 28. The van der Waals surface area contributed by atoms with Crippen LogP contribution in [0.1, 0.15) is 105 Å². The first-order valence-electron chi connectivity index (χ1n) is 22.4. The Morgan fingerprint density at radius 2 is 1.39 bits per heavy atom. The van der Waals surface area contributed by atoms with Gasteiger partial charge < -0.3 is 40.9 Å². The number of amides is 4.